The molecule has 0 aliphatic heterocycles. The van der Waals surface area contributed by atoms with E-state index < -0.39 is 10.9 Å². The highest BCUT2D eigenvalue weighted by Gasteiger charge is 2.28. The van der Waals surface area contributed by atoms with E-state index in [9.17, 15) is 19.7 Å². The van der Waals surface area contributed by atoms with Gasteiger partial charge in [-0.15, -0.1) is 11.3 Å². The first-order chi connectivity index (χ1) is 13.3. The zero-order chi connectivity index (χ0) is 20.3. The Morgan fingerprint density at radius 3 is 2.61 bits per heavy atom. The monoisotopic (exact) mass is 400 g/mol. The second kappa shape index (κ2) is 8.35. The summed E-state index contributed by atoms with van der Waals surface area (Å²) in [6.07, 6.45) is 5.36. The normalized spacial score (nSPS) is 13.0. The topological polar surface area (TPSA) is 98.5 Å². The number of ether oxygens (including phenoxy) is 1. The highest BCUT2D eigenvalue weighted by Crippen LogP contribution is 2.39. The van der Waals surface area contributed by atoms with Crippen LogP contribution in [0.15, 0.2) is 30.3 Å². The van der Waals surface area contributed by atoms with Gasteiger partial charge in [0.1, 0.15) is 5.00 Å². The van der Waals surface area contributed by atoms with Gasteiger partial charge in [-0.05, 0) is 62.4 Å². The molecule has 3 rings (SSSR count). The first kappa shape index (κ1) is 19.8. The molecule has 7 nitrogen and oxygen atoms in total. The van der Waals surface area contributed by atoms with E-state index in [1.807, 2.05) is 0 Å². The van der Waals surface area contributed by atoms with Crippen LogP contribution >= 0.6 is 11.3 Å². The second-order valence-electron chi connectivity index (χ2n) is 6.69. The van der Waals surface area contributed by atoms with Crippen molar-refractivity contribution in [3.63, 3.8) is 0 Å². The summed E-state index contributed by atoms with van der Waals surface area (Å²) in [6.45, 7) is 3.57. The molecular weight excluding hydrogens is 380 g/mol. The molecule has 1 N–H and O–H groups in total. The zero-order valence-corrected chi connectivity index (χ0v) is 16.4. The summed E-state index contributed by atoms with van der Waals surface area (Å²) < 4.78 is 5.35. The Morgan fingerprint density at radius 2 is 1.96 bits per heavy atom. The molecule has 0 unspecified atom stereocenters. The van der Waals surface area contributed by atoms with Gasteiger partial charge in [0.2, 0.25) is 5.91 Å². The third kappa shape index (κ3) is 4.45. The number of benzene rings is 1. The van der Waals surface area contributed by atoms with E-state index in [-0.39, 0.29) is 17.7 Å². The van der Waals surface area contributed by atoms with Crippen LogP contribution in [0.5, 0.6) is 0 Å². The van der Waals surface area contributed by atoms with Gasteiger partial charge in [-0.25, -0.2) is 4.79 Å². The molecule has 0 spiro atoms. The molecule has 1 amide bonds. The number of nitro groups is 1. The SMILES string of the molecule is CC(C)OC(=O)c1c(NC(=O)/C=C\c2ccc([N+](=O)[O-])cc2)sc2c1CCC2. The van der Waals surface area contributed by atoms with Crippen molar-refractivity contribution in [2.45, 2.75) is 39.2 Å². The number of non-ortho nitro benzene ring substituents is 1. The van der Waals surface area contributed by atoms with Crippen molar-refractivity contribution in [2.24, 2.45) is 0 Å². The number of rotatable bonds is 6. The van der Waals surface area contributed by atoms with Gasteiger partial charge in [-0.3, -0.25) is 14.9 Å². The summed E-state index contributed by atoms with van der Waals surface area (Å²) in [6, 6.07) is 5.88. The number of anilines is 1. The molecular formula is C20H20N2O5S. The van der Waals surface area contributed by atoms with E-state index in [0.29, 0.717) is 16.1 Å². The second-order valence-corrected chi connectivity index (χ2v) is 7.79. The number of carbonyl (C=O) groups is 2. The predicted octanol–water partition coefficient (Wildman–Crippen LogP) is 4.36. The molecule has 1 aliphatic rings. The standard InChI is InChI=1S/C20H20N2O5S/c1-12(2)27-20(24)18-15-4-3-5-16(15)28-19(18)21-17(23)11-8-13-6-9-14(10-7-13)22(25)26/h6-12H,3-5H2,1-2H3,(H,21,23)/b11-8-. The smallest absolute Gasteiger partial charge is 0.341 e. The lowest BCUT2D eigenvalue weighted by molar-refractivity contribution is -0.384. The lowest BCUT2D eigenvalue weighted by Gasteiger charge is -2.10. The molecule has 1 aromatic carbocycles. The molecule has 0 atom stereocenters. The van der Waals surface area contributed by atoms with Gasteiger partial charge in [-0.2, -0.15) is 0 Å². The lowest BCUT2D eigenvalue weighted by atomic mass is 10.1. The van der Waals surface area contributed by atoms with Crippen molar-refractivity contribution < 1.29 is 19.2 Å². The minimum atomic E-state index is -0.478. The number of fused-ring (bicyclic) bond motifs is 1. The van der Waals surface area contributed by atoms with E-state index in [0.717, 1.165) is 29.7 Å². The third-order valence-corrected chi connectivity index (χ3v) is 5.44. The number of aryl methyl sites for hydroxylation is 1. The summed E-state index contributed by atoms with van der Waals surface area (Å²) in [7, 11) is 0. The fraction of sp³-hybridized carbons (Fsp3) is 0.300. The molecule has 0 fully saturated rings. The maximum atomic E-state index is 12.5. The maximum Gasteiger partial charge on any atom is 0.341 e. The van der Waals surface area contributed by atoms with Crippen molar-refractivity contribution in [1.29, 1.82) is 0 Å². The highest BCUT2D eigenvalue weighted by molar-refractivity contribution is 7.17. The summed E-state index contributed by atoms with van der Waals surface area (Å²) >= 11 is 1.42. The predicted molar refractivity (Wildman–Crippen MR) is 108 cm³/mol. The first-order valence-electron chi connectivity index (χ1n) is 8.94. The van der Waals surface area contributed by atoms with Crippen LogP contribution in [-0.2, 0) is 22.4 Å². The maximum absolute atomic E-state index is 12.5. The minimum absolute atomic E-state index is 0.0111. The molecule has 146 valence electrons. The summed E-state index contributed by atoms with van der Waals surface area (Å²) in [5, 5.41) is 14.0. The first-order valence-corrected chi connectivity index (χ1v) is 9.76. The molecule has 2 aromatic rings. The molecule has 1 aromatic heterocycles. The molecule has 8 heteroatoms. The quantitative estimate of drug-likeness (QED) is 0.336. The average molecular weight is 400 g/mol. The van der Waals surface area contributed by atoms with Crippen molar-refractivity contribution >= 4 is 40.0 Å². The van der Waals surface area contributed by atoms with E-state index >= 15 is 0 Å². The molecule has 28 heavy (non-hydrogen) atoms. The number of carbonyl (C=O) groups excluding carboxylic acids is 2. The van der Waals surface area contributed by atoms with Crippen molar-refractivity contribution in [1.82, 2.24) is 0 Å². The highest BCUT2D eigenvalue weighted by atomic mass is 32.1. The lowest BCUT2D eigenvalue weighted by Crippen LogP contribution is -2.16. The molecule has 0 radical (unpaired) electrons. The number of esters is 1. The molecule has 0 bridgehead atoms. The average Bonchev–Trinajstić information content (AvgIpc) is 3.20. The van der Waals surface area contributed by atoms with Gasteiger partial charge in [0, 0.05) is 23.1 Å². The van der Waals surface area contributed by atoms with Crippen LogP contribution in [0.1, 0.15) is 46.6 Å². The fourth-order valence-corrected chi connectivity index (χ4v) is 4.29. The Morgan fingerprint density at radius 1 is 1.25 bits per heavy atom. The van der Waals surface area contributed by atoms with E-state index in [4.69, 9.17) is 4.74 Å². The summed E-state index contributed by atoms with van der Waals surface area (Å²) in [5.74, 6) is -0.791. The molecule has 0 saturated heterocycles. The zero-order valence-electron chi connectivity index (χ0n) is 15.6. The van der Waals surface area contributed by atoms with Crippen LogP contribution in [0, 0.1) is 10.1 Å². The molecule has 0 saturated carbocycles. The van der Waals surface area contributed by atoms with Crippen LogP contribution in [-0.4, -0.2) is 22.9 Å². The molecule has 1 aliphatic carbocycles. The number of nitro benzene ring substituents is 1. The van der Waals surface area contributed by atoms with Gasteiger partial charge in [0.25, 0.3) is 5.69 Å². The number of hydrogen-bond donors (Lipinski definition) is 1. The van der Waals surface area contributed by atoms with Gasteiger partial charge in [0.05, 0.1) is 16.6 Å². The van der Waals surface area contributed by atoms with Crippen molar-refractivity contribution in [3.8, 4) is 0 Å². The van der Waals surface area contributed by atoms with E-state index in [1.54, 1.807) is 32.1 Å². The number of thiophene rings is 1. The number of hydrogen-bond acceptors (Lipinski definition) is 6. The third-order valence-electron chi connectivity index (χ3n) is 4.24. The van der Waals surface area contributed by atoms with Gasteiger partial charge < -0.3 is 10.1 Å². The van der Waals surface area contributed by atoms with Crippen LogP contribution in [0.3, 0.4) is 0 Å². The van der Waals surface area contributed by atoms with Crippen molar-refractivity contribution in [2.75, 3.05) is 5.32 Å². The largest absolute Gasteiger partial charge is 0.459 e. The van der Waals surface area contributed by atoms with Crippen LogP contribution in [0.25, 0.3) is 6.08 Å². The fourth-order valence-electron chi connectivity index (χ4n) is 3.01. The van der Waals surface area contributed by atoms with E-state index in [1.165, 1.54) is 29.5 Å². The summed E-state index contributed by atoms with van der Waals surface area (Å²) in [4.78, 5) is 36.2. The Bertz CT molecular complexity index is 944. The van der Waals surface area contributed by atoms with Crippen LogP contribution < -0.4 is 5.32 Å². The minimum Gasteiger partial charge on any atom is -0.459 e. The van der Waals surface area contributed by atoms with Gasteiger partial charge in [-0.1, -0.05) is 0 Å². The summed E-state index contributed by atoms with van der Waals surface area (Å²) in [5.41, 5.74) is 2.09. The Kier molecular flexibility index (Phi) is 5.89. The van der Waals surface area contributed by atoms with Crippen molar-refractivity contribution in [3.05, 3.63) is 62.0 Å². The molecule has 1 heterocycles. The van der Waals surface area contributed by atoms with E-state index in [2.05, 4.69) is 5.32 Å². The van der Waals surface area contributed by atoms with Crippen LogP contribution in [0.2, 0.25) is 0 Å². The number of amides is 1. The Labute approximate surface area is 166 Å². The van der Waals surface area contributed by atoms with Gasteiger partial charge >= 0.3 is 5.97 Å². The Balaban J connectivity index is 1.75. The number of nitrogens with zero attached hydrogens (tertiary/aromatic N) is 1. The van der Waals surface area contributed by atoms with Gasteiger partial charge in [0.15, 0.2) is 0 Å². The van der Waals surface area contributed by atoms with Crippen LogP contribution in [0.4, 0.5) is 10.7 Å². The number of nitrogens with one attached hydrogen (secondary N) is 1. The Hall–Kier alpha value is -3.00.